The van der Waals surface area contributed by atoms with Crippen LogP contribution in [-0.4, -0.2) is 15.0 Å². The van der Waals surface area contributed by atoms with Crippen LogP contribution in [0.15, 0.2) is 537 Å². The molecule has 0 fully saturated rings. The lowest BCUT2D eigenvalue weighted by Crippen LogP contribution is -2.14. The highest BCUT2D eigenvalue weighted by molar-refractivity contribution is 7.26. The Hall–Kier alpha value is -15.5. The molecule has 0 radical (unpaired) electrons. The molecule has 0 unspecified atom stereocenters. The van der Waals surface area contributed by atoms with E-state index in [1.807, 2.05) is 205 Å². The molecule has 5 nitrogen and oxygen atoms in total. The third-order valence-electron chi connectivity index (χ3n) is 20.4. The molecule has 1 aliphatic rings. The van der Waals surface area contributed by atoms with Gasteiger partial charge in [0, 0.05) is 104 Å². The summed E-state index contributed by atoms with van der Waals surface area (Å²) in [6.45, 7) is 6.69. The number of fused-ring (bicyclic) bond motifs is 17. The van der Waals surface area contributed by atoms with E-state index in [0.29, 0.717) is 0 Å². The first kappa shape index (κ1) is 90.3. The second-order valence-corrected chi connectivity index (χ2v) is 31.7. The fraction of sp³-hybridized carbons (Fsp3) is 0.0424. The van der Waals surface area contributed by atoms with E-state index in [4.69, 9.17) is 8.83 Å². The first-order valence-electron chi connectivity index (χ1n) is 42.2. The molecule has 0 amide bonds. The summed E-state index contributed by atoms with van der Waals surface area (Å²) in [5, 5.41) is 15.5. The van der Waals surface area contributed by atoms with Gasteiger partial charge in [-0.1, -0.05) is 426 Å². The summed E-state index contributed by atoms with van der Waals surface area (Å²) in [6, 6.07) is 163. The number of hydrogen-bond acceptors (Lipinski definition) is 7. The third-order valence-corrected chi connectivity index (χ3v) is 22.7. The Balaban J connectivity index is 0.000000120. The summed E-state index contributed by atoms with van der Waals surface area (Å²) in [7, 11) is 0. The highest BCUT2D eigenvalue weighted by Crippen LogP contribution is 2.48. The number of rotatable bonds is 0. The smallest absolute Gasteiger partial charge is 0.416 e. The van der Waals surface area contributed by atoms with Crippen LogP contribution in [0.1, 0.15) is 36.1 Å². The number of nitrogens with zero attached hydrogens (tertiary/aromatic N) is 3. The Kier molecular flexibility index (Phi) is 33.8. The van der Waals surface area contributed by atoms with E-state index in [1.165, 1.54) is 123 Å². The maximum Gasteiger partial charge on any atom is 0.416 e. The molecule has 0 spiro atoms. The van der Waals surface area contributed by atoms with Gasteiger partial charge < -0.3 is 8.83 Å². The molecular weight excluding hydrogens is 1610 g/mol. The maximum atomic E-state index is 11.8. The predicted octanol–water partition coefficient (Wildman–Crippen LogP) is 34.6. The van der Waals surface area contributed by atoms with E-state index >= 15 is 0 Å². The van der Waals surface area contributed by atoms with Crippen molar-refractivity contribution in [2.75, 3.05) is 0 Å². The topological polar surface area (TPSA) is 65.0 Å². The highest BCUT2D eigenvalue weighted by Gasteiger charge is 2.34. The molecule has 0 saturated carbocycles. The van der Waals surface area contributed by atoms with Crippen molar-refractivity contribution < 1.29 is 22.0 Å². The van der Waals surface area contributed by atoms with Gasteiger partial charge >= 0.3 is 6.18 Å². The summed E-state index contributed by atoms with van der Waals surface area (Å²) in [5.41, 5.74) is 10.4. The van der Waals surface area contributed by atoms with Crippen LogP contribution >= 0.6 is 22.7 Å². The minimum absolute atomic E-state index is 0.160. The molecule has 0 atom stereocenters. The lowest BCUT2D eigenvalue weighted by atomic mass is 9.82. The molecule has 7 aromatic heterocycles. The second-order valence-electron chi connectivity index (χ2n) is 29.5. The first-order valence-corrected chi connectivity index (χ1v) is 43.8. The number of halogens is 3. The van der Waals surface area contributed by atoms with E-state index in [1.54, 1.807) is 43.2 Å². The Morgan fingerprint density at radius 2 is 0.422 bits per heavy atom. The van der Waals surface area contributed by atoms with Gasteiger partial charge in [-0.3, -0.25) is 15.0 Å². The monoisotopic (exact) mass is 1710 g/mol. The number of aromatic nitrogens is 3. The van der Waals surface area contributed by atoms with Crippen molar-refractivity contribution >= 4 is 128 Å². The fourth-order valence-electron chi connectivity index (χ4n) is 14.1. The fourth-order valence-corrected chi connectivity index (χ4v) is 16.3. The Morgan fingerprint density at radius 1 is 0.219 bits per heavy atom. The summed E-state index contributed by atoms with van der Waals surface area (Å²) in [4.78, 5) is 11.4. The lowest BCUT2D eigenvalue weighted by Gasteiger charge is -2.20. The van der Waals surface area contributed by atoms with Crippen LogP contribution < -0.4 is 0 Å². The van der Waals surface area contributed by atoms with Gasteiger partial charge in [-0.2, -0.15) is 13.2 Å². The zero-order valence-corrected chi connectivity index (χ0v) is 73.0. The van der Waals surface area contributed by atoms with Crippen molar-refractivity contribution in [2.24, 2.45) is 0 Å². The van der Waals surface area contributed by atoms with Gasteiger partial charge in [0.25, 0.3) is 0 Å². The van der Waals surface area contributed by atoms with Crippen LogP contribution in [0, 0.1) is 6.92 Å². The summed E-state index contributed by atoms with van der Waals surface area (Å²) in [5.74, 6) is 0. The molecule has 10 heteroatoms. The molecule has 0 aliphatic heterocycles. The molecule has 0 saturated heterocycles. The van der Waals surface area contributed by atoms with E-state index in [0.717, 1.165) is 34.5 Å². The van der Waals surface area contributed by atoms with Gasteiger partial charge in [0.05, 0.1) is 5.56 Å². The van der Waals surface area contributed by atoms with E-state index in [2.05, 4.69) is 315 Å². The zero-order valence-electron chi connectivity index (χ0n) is 71.3. The molecule has 128 heavy (non-hydrogen) atoms. The van der Waals surface area contributed by atoms with Crippen molar-refractivity contribution in [3.8, 4) is 11.1 Å². The minimum Gasteiger partial charge on any atom is -0.456 e. The van der Waals surface area contributed by atoms with Crippen molar-refractivity contribution in [3.63, 3.8) is 0 Å². The van der Waals surface area contributed by atoms with Gasteiger partial charge in [-0.15, -0.1) is 22.7 Å². The second kappa shape index (κ2) is 48.0. The lowest BCUT2D eigenvalue weighted by molar-refractivity contribution is -0.137. The molecule has 25 rings (SSSR count). The summed E-state index contributed by atoms with van der Waals surface area (Å²) in [6.07, 6.45) is 6.29. The van der Waals surface area contributed by atoms with Gasteiger partial charge in [-0.25, -0.2) is 0 Å². The van der Waals surface area contributed by atoms with Crippen LogP contribution in [0.25, 0.3) is 117 Å². The molecule has 24 aromatic rings. The van der Waals surface area contributed by atoms with Crippen LogP contribution in [0.5, 0.6) is 0 Å². The van der Waals surface area contributed by atoms with E-state index in [9.17, 15) is 13.2 Å². The number of alkyl halides is 3. The Bertz CT molecular complexity index is 6210. The predicted molar refractivity (Wildman–Crippen MR) is 540 cm³/mol. The molecule has 628 valence electrons. The quantitative estimate of drug-likeness (QED) is 0.151. The van der Waals surface area contributed by atoms with Crippen molar-refractivity contribution in [1.82, 2.24) is 15.0 Å². The molecule has 17 aromatic carbocycles. The number of benzene rings is 17. The van der Waals surface area contributed by atoms with Gasteiger partial charge in [-0.05, 0) is 136 Å². The minimum atomic E-state index is -4.21. The number of pyridine rings is 3. The molecule has 0 bridgehead atoms. The van der Waals surface area contributed by atoms with Crippen LogP contribution in [0.4, 0.5) is 13.2 Å². The van der Waals surface area contributed by atoms with E-state index in [-0.39, 0.29) is 5.41 Å². The third kappa shape index (κ3) is 26.3. The van der Waals surface area contributed by atoms with Crippen molar-refractivity contribution in [3.05, 3.63) is 551 Å². The van der Waals surface area contributed by atoms with E-state index < -0.39 is 11.7 Å². The Morgan fingerprint density at radius 3 is 0.648 bits per heavy atom. The average Bonchev–Trinajstić information content (AvgIpc) is 1.59. The van der Waals surface area contributed by atoms with Crippen molar-refractivity contribution in [1.29, 1.82) is 0 Å². The molecular formula is C118H96F3N3O2S2. The molecule has 0 N–H and O–H groups in total. The van der Waals surface area contributed by atoms with Gasteiger partial charge in [0.2, 0.25) is 0 Å². The van der Waals surface area contributed by atoms with Gasteiger partial charge in [0.15, 0.2) is 0 Å². The van der Waals surface area contributed by atoms with Crippen molar-refractivity contribution in [2.45, 2.75) is 32.4 Å². The standard InChI is InChI=1S/C15H14.2C12H8O.2C12H8S.2C10H8.C7H5F3.C7H8.C6H6.3C5H5N/c1-15(2)13-9-5-3-7-11(13)12-8-4-6-10-14(12)15;4*1-3-7-11-9(5-1)10-6-2-4-8-12(10)13-11;2*1-2-6-10-8-4-3-7-9(10)5-1;8-7(9,10)6-4-2-1-3-5-6;1-7-5-3-2-4-6-7;4*1-2-4-6-5-3-1/h3-10H,1-2H3;4*1-8H;2*1-8H;1-5H;2-6H,1H3;1-6H;3*1-5H. The highest BCUT2D eigenvalue weighted by atomic mass is 32.1. The molecule has 7 heterocycles. The zero-order chi connectivity index (χ0) is 88.5. The van der Waals surface area contributed by atoms with Crippen LogP contribution in [0.3, 0.4) is 0 Å². The van der Waals surface area contributed by atoms with Crippen LogP contribution in [0.2, 0.25) is 0 Å². The number of thiophene rings is 2. The first-order chi connectivity index (χ1) is 62.9. The number of aryl methyl sites for hydroxylation is 1. The summed E-state index contributed by atoms with van der Waals surface area (Å²) < 4.78 is 52.2. The number of para-hydroxylation sites is 4. The molecule has 1 aliphatic carbocycles. The summed E-state index contributed by atoms with van der Waals surface area (Å²) >= 11 is 3.72. The Labute approximate surface area is 754 Å². The maximum absolute atomic E-state index is 11.8. The SMILES string of the molecule is CC1(C)c2ccccc2-c2ccccc21.Cc1ccccc1.FC(F)(F)c1ccccc1.c1ccc2c(c1)oc1ccccc12.c1ccc2c(c1)oc1ccccc12.c1ccc2c(c1)sc1ccccc12.c1ccc2c(c1)sc1ccccc12.c1ccc2ccccc2c1.c1ccc2ccccc2c1.c1ccccc1.c1ccncc1.c1ccncc1.c1ccncc1. The van der Waals surface area contributed by atoms with Gasteiger partial charge in [0.1, 0.15) is 22.3 Å². The number of hydrogen-bond donors (Lipinski definition) is 0. The number of furan rings is 2. The normalized spacial score (nSPS) is 10.8. The largest absolute Gasteiger partial charge is 0.456 e. The average molecular weight is 1710 g/mol. The van der Waals surface area contributed by atoms with Crippen LogP contribution in [-0.2, 0) is 11.6 Å².